The summed E-state index contributed by atoms with van der Waals surface area (Å²) in [5, 5.41) is 20.9. The van der Waals surface area contributed by atoms with E-state index in [1.807, 2.05) is 24.4 Å². The third kappa shape index (κ3) is 3.34. The van der Waals surface area contributed by atoms with Crippen LogP contribution in [0.3, 0.4) is 0 Å². The molecule has 0 aliphatic heterocycles. The molecule has 0 saturated carbocycles. The molecule has 0 saturated heterocycles. The number of aromatic amines is 1. The minimum Gasteiger partial charge on any atom is -0.508 e. The largest absolute Gasteiger partial charge is 0.508 e. The summed E-state index contributed by atoms with van der Waals surface area (Å²) >= 11 is 0. The third-order valence-corrected chi connectivity index (χ3v) is 3.66. The molecule has 3 rings (SSSR count). The Labute approximate surface area is 123 Å². The molecule has 1 heterocycles. The van der Waals surface area contributed by atoms with E-state index in [4.69, 9.17) is 0 Å². The maximum Gasteiger partial charge on any atom is 0.115 e. The maximum atomic E-state index is 9.28. The van der Waals surface area contributed by atoms with Crippen molar-refractivity contribution in [1.82, 2.24) is 10.2 Å². The van der Waals surface area contributed by atoms with Crippen molar-refractivity contribution in [2.45, 2.75) is 25.8 Å². The standard InChI is InChI=1S/C17H19N3O/c1-12(2-3-13-4-7-16(21)8-5-13)19-15-6-9-17-14(10-15)11-18-20-17/h4-12,19,21H,2-3H2,1H3,(H,18,20). The van der Waals surface area contributed by atoms with Gasteiger partial charge in [0.25, 0.3) is 0 Å². The summed E-state index contributed by atoms with van der Waals surface area (Å²) in [4.78, 5) is 0. The smallest absolute Gasteiger partial charge is 0.115 e. The van der Waals surface area contributed by atoms with E-state index in [0.717, 1.165) is 29.4 Å². The molecule has 4 nitrogen and oxygen atoms in total. The number of nitrogens with one attached hydrogen (secondary N) is 2. The molecule has 0 bridgehead atoms. The molecule has 1 unspecified atom stereocenters. The van der Waals surface area contributed by atoms with Crippen LogP contribution in [0, 0.1) is 0 Å². The fourth-order valence-electron chi connectivity index (χ4n) is 2.43. The van der Waals surface area contributed by atoms with Crippen molar-refractivity contribution >= 4 is 16.6 Å². The Balaban J connectivity index is 1.58. The highest BCUT2D eigenvalue weighted by Gasteiger charge is 2.04. The van der Waals surface area contributed by atoms with Gasteiger partial charge < -0.3 is 10.4 Å². The molecule has 0 fully saturated rings. The predicted molar refractivity (Wildman–Crippen MR) is 85.6 cm³/mol. The van der Waals surface area contributed by atoms with Crippen molar-refractivity contribution in [3.63, 3.8) is 0 Å². The SMILES string of the molecule is CC(CCc1ccc(O)cc1)Nc1ccc2[nH]ncc2c1. The average molecular weight is 281 g/mol. The first-order valence-corrected chi connectivity index (χ1v) is 7.18. The zero-order chi connectivity index (χ0) is 14.7. The van der Waals surface area contributed by atoms with E-state index in [2.05, 4.69) is 34.6 Å². The molecule has 0 spiro atoms. The van der Waals surface area contributed by atoms with Gasteiger partial charge in [-0.2, -0.15) is 5.10 Å². The molecule has 3 N–H and O–H groups in total. The fraction of sp³-hybridized carbons (Fsp3) is 0.235. The molecule has 1 aromatic heterocycles. The van der Waals surface area contributed by atoms with Crippen molar-refractivity contribution in [3.05, 3.63) is 54.2 Å². The minimum absolute atomic E-state index is 0.318. The number of hydrogen-bond donors (Lipinski definition) is 3. The number of phenols is 1. The molecule has 0 aliphatic carbocycles. The van der Waals surface area contributed by atoms with Crippen LogP contribution in [-0.2, 0) is 6.42 Å². The van der Waals surface area contributed by atoms with Gasteiger partial charge >= 0.3 is 0 Å². The molecule has 4 heteroatoms. The van der Waals surface area contributed by atoms with Crippen LogP contribution in [0.25, 0.3) is 10.9 Å². The molecule has 0 radical (unpaired) electrons. The Morgan fingerprint density at radius 2 is 2.00 bits per heavy atom. The number of benzene rings is 2. The number of nitrogens with zero attached hydrogens (tertiary/aromatic N) is 1. The van der Waals surface area contributed by atoms with E-state index >= 15 is 0 Å². The zero-order valence-corrected chi connectivity index (χ0v) is 12.0. The van der Waals surface area contributed by atoms with Gasteiger partial charge in [0.1, 0.15) is 5.75 Å². The molecule has 3 aromatic rings. The number of aromatic nitrogens is 2. The Morgan fingerprint density at radius 1 is 1.19 bits per heavy atom. The number of anilines is 1. The highest BCUT2D eigenvalue weighted by Crippen LogP contribution is 2.18. The average Bonchev–Trinajstić information content (AvgIpc) is 2.94. The monoisotopic (exact) mass is 281 g/mol. The van der Waals surface area contributed by atoms with E-state index in [-0.39, 0.29) is 0 Å². The maximum absolute atomic E-state index is 9.28. The van der Waals surface area contributed by atoms with E-state index in [9.17, 15) is 5.11 Å². The van der Waals surface area contributed by atoms with Crippen molar-refractivity contribution in [2.75, 3.05) is 5.32 Å². The predicted octanol–water partition coefficient (Wildman–Crippen LogP) is 3.70. The summed E-state index contributed by atoms with van der Waals surface area (Å²) in [6.45, 7) is 2.18. The van der Waals surface area contributed by atoms with Crippen LogP contribution in [0.1, 0.15) is 18.9 Å². The van der Waals surface area contributed by atoms with Crippen molar-refractivity contribution in [2.24, 2.45) is 0 Å². The van der Waals surface area contributed by atoms with Crippen LogP contribution < -0.4 is 5.32 Å². The highest BCUT2D eigenvalue weighted by molar-refractivity contribution is 5.81. The first-order valence-electron chi connectivity index (χ1n) is 7.18. The lowest BCUT2D eigenvalue weighted by Crippen LogP contribution is -2.15. The van der Waals surface area contributed by atoms with Crippen LogP contribution in [0.15, 0.2) is 48.7 Å². The summed E-state index contributed by atoms with van der Waals surface area (Å²) in [7, 11) is 0. The second-order valence-corrected chi connectivity index (χ2v) is 5.42. The molecule has 1 atom stereocenters. The summed E-state index contributed by atoms with van der Waals surface area (Å²) in [5.74, 6) is 0.318. The molecular formula is C17H19N3O. The van der Waals surface area contributed by atoms with Gasteiger partial charge in [0, 0.05) is 17.1 Å². The molecule has 0 amide bonds. The number of hydrogen-bond acceptors (Lipinski definition) is 3. The molecule has 108 valence electrons. The van der Waals surface area contributed by atoms with Gasteiger partial charge in [-0.3, -0.25) is 5.10 Å². The van der Waals surface area contributed by atoms with Crippen LogP contribution in [0.2, 0.25) is 0 Å². The first-order chi connectivity index (χ1) is 10.2. The van der Waals surface area contributed by atoms with E-state index < -0.39 is 0 Å². The number of aryl methyl sites for hydroxylation is 1. The lowest BCUT2D eigenvalue weighted by molar-refractivity contribution is 0.475. The van der Waals surface area contributed by atoms with Crippen LogP contribution in [0.4, 0.5) is 5.69 Å². The van der Waals surface area contributed by atoms with Gasteiger partial charge in [-0.1, -0.05) is 12.1 Å². The second-order valence-electron chi connectivity index (χ2n) is 5.42. The summed E-state index contributed by atoms with van der Waals surface area (Å²) in [6, 6.07) is 14.0. The number of phenolic OH excluding ortho intramolecular Hbond substituents is 1. The molecule has 0 aliphatic rings. The topological polar surface area (TPSA) is 60.9 Å². The third-order valence-electron chi connectivity index (χ3n) is 3.66. The van der Waals surface area contributed by atoms with Crippen LogP contribution in [-0.4, -0.2) is 21.3 Å². The van der Waals surface area contributed by atoms with Crippen molar-refractivity contribution in [3.8, 4) is 5.75 Å². The van der Waals surface area contributed by atoms with Gasteiger partial charge in [0.15, 0.2) is 0 Å². The van der Waals surface area contributed by atoms with Crippen molar-refractivity contribution in [1.29, 1.82) is 0 Å². The zero-order valence-electron chi connectivity index (χ0n) is 12.0. The van der Waals surface area contributed by atoms with E-state index in [1.165, 1.54) is 5.56 Å². The molecule has 2 aromatic carbocycles. The number of aromatic hydroxyl groups is 1. The summed E-state index contributed by atoms with van der Waals surface area (Å²) in [6.07, 6.45) is 3.86. The van der Waals surface area contributed by atoms with Crippen LogP contribution >= 0.6 is 0 Å². The summed E-state index contributed by atoms with van der Waals surface area (Å²) < 4.78 is 0. The molecular weight excluding hydrogens is 262 g/mol. The Hall–Kier alpha value is -2.49. The Morgan fingerprint density at radius 3 is 2.81 bits per heavy atom. The van der Waals surface area contributed by atoms with Gasteiger partial charge in [0.05, 0.1) is 11.7 Å². The normalized spacial score (nSPS) is 12.4. The Kier molecular flexibility index (Phi) is 3.77. The lowest BCUT2D eigenvalue weighted by atomic mass is 10.1. The van der Waals surface area contributed by atoms with Gasteiger partial charge in [-0.25, -0.2) is 0 Å². The Bertz CT molecular complexity index is 718. The van der Waals surface area contributed by atoms with Crippen molar-refractivity contribution < 1.29 is 5.11 Å². The van der Waals surface area contributed by atoms with E-state index in [1.54, 1.807) is 12.1 Å². The van der Waals surface area contributed by atoms with E-state index in [0.29, 0.717) is 11.8 Å². The first kappa shape index (κ1) is 13.5. The number of rotatable bonds is 5. The lowest BCUT2D eigenvalue weighted by Gasteiger charge is -2.15. The molecule has 21 heavy (non-hydrogen) atoms. The summed E-state index contributed by atoms with van der Waals surface area (Å²) in [5.41, 5.74) is 3.41. The van der Waals surface area contributed by atoms with Gasteiger partial charge in [0.2, 0.25) is 0 Å². The quantitative estimate of drug-likeness (QED) is 0.668. The number of H-pyrrole nitrogens is 1. The van der Waals surface area contributed by atoms with Gasteiger partial charge in [-0.05, 0) is 55.7 Å². The fourth-order valence-corrected chi connectivity index (χ4v) is 2.43. The second kappa shape index (κ2) is 5.87. The minimum atomic E-state index is 0.318. The van der Waals surface area contributed by atoms with Crippen LogP contribution in [0.5, 0.6) is 5.75 Å². The van der Waals surface area contributed by atoms with Gasteiger partial charge in [-0.15, -0.1) is 0 Å². The highest BCUT2D eigenvalue weighted by atomic mass is 16.3. The number of fused-ring (bicyclic) bond motifs is 1.